The van der Waals surface area contributed by atoms with Crippen molar-refractivity contribution in [3.63, 3.8) is 0 Å². The first-order valence-electron chi connectivity index (χ1n) is 12.0. The first-order valence-corrected chi connectivity index (χ1v) is 13.8. The van der Waals surface area contributed by atoms with Gasteiger partial charge in [0.05, 0.1) is 10.6 Å². The second-order valence-electron chi connectivity index (χ2n) is 8.83. The third-order valence-corrected chi connectivity index (χ3v) is 8.04. The summed E-state index contributed by atoms with van der Waals surface area (Å²) in [6, 6.07) is 19.6. The van der Waals surface area contributed by atoms with Gasteiger partial charge in [-0.15, -0.1) is 0 Å². The second-order valence-corrected chi connectivity index (χ2v) is 11.1. The molecule has 0 radical (unpaired) electrons. The van der Waals surface area contributed by atoms with Crippen molar-refractivity contribution < 1.29 is 18.0 Å². The summed E-state index contributed by atoms with van der Waals surface area (Å²) < 4.78 is 28.6. The summed E-state index contributed by atoms with van der Waals surface area (Å²) in [4.78, 5) is 28.0. The minimum Gasteiger partial charge on any atom is -0.355 e. The van der Waals surface area contributed by atoms with E-state index in [0.717, 1.165) is 15.4 Å². The molecule has 0 spiro atoms. The van der Waals surface area contributed by atoms with E-state index in [2.05, 4.69) is 5.32 Å². The molecule has 0 bridgehead atoms. The lowest BCUT2D eigenvalue weighted by Crippen LogP contribution is -2.51. The Balaban J connectivity index is 2.04. The summed E-state index contributed by atoms with van der Waals surface area (Å²) in [6.45, 7) is 7.21. The zero-order chi connectivity index (χ0) is 27.2. The van der Waals surface area contributed by atoms with Gasteiger partial charge >= 0.3 is 0 Å². The highest BCUT2D eigenvalue weighted by Crippen LogP contribution is 2.29. The van der Waals surface area contributed by atoms with Crippen LogP contribution >= 0.6 is 11.6 Å². The molecular weight excluding hydrogens is 510 g/mol. The highest BCUT2D eigenvalue weighted by molar-refractivity contribution is 7.92. The van der Waals surface area contributed by atoms with E-state index in [1.54, 1.807) is 57.2 Å². The standard InChI is InChI=1S/C28H32ClN3O4S/c1-5-30-28(34)22(4)31(18-23-13-11-20(2)12-14-23)27(33)19-32(26-16-15-24(29)17-21(26)3)37(35,36)25-9-7-6-8-10-25/h6-17,22H,5,18-19H2,1-4H3,(H,30,34)/t22-/m1/s1. The SMILES string of the molecule is CCNC(=O)[C@@H](C)N(Cc1ccc(C)cc1)C(=O)CN(c1ccc(Cl)cc1C)S(=O)(=O)c1ccccc1. The monoisotopic (exact) mass is 541 g/mol. The fraction of sp³-hybridized carbons (Fsp3) is 0.286. The number of sulfonamides is 1. The van der Waals surface area contributed by atoms with Crippen LogP contribution in [0.4, 0.5) is 5.69 Å². The quantitative estimate of drug-likeness (QED) is 0.403. The van der Waals surface area contributed by atoms with Crippen molar-refractivity contribution >= 4 is 39.1 Å². The third-order valence-electron chi connectivity index (χ3n) is 6.03. The van der Waals surface area contributed by atoms with Crippen molar-refractivity contribution in [1.82, 2.24) is 10.2 Å². The number of anilines is 1. The highest BCUT2D eigenvalue weighted by atomic mass is 35.5. The van der Waals surface area contributed by atoms with Gasteiger partial charge in [-0.2, -0.15) is 0 Å². The van der Waals surface area contributed by atoms with E-state index in [1.807, 2.05) is 31.2 Å². The van der Waals surface area contributed by atoms with E-state index < -0.39 is 28.5 Å². The van der Waals surface area contributed by atoms with Crippen molar-refractivity contribution in [3.05, 3.63) is 94.5 Å². The minimum absolute atomic E-state index is 0.0546. The number of nitrogens with zero attached hydrogens (tertiary/aromatic N) is 2. The Bertz CT molecular complexity index is 1350. The van der Waals surface area contributed by atoms with E-state index >= 15 is 0 Å². The van der Waals surface area contributed by atoms with Gasteiger partial charge in [0.25, 0.3) is 10.0 Å². The van der Waals surface area contributed by atoms with E-state index in [-0.39, 0.29) is 17.3 Å². The average Bonchev–Trinajstić information content (AvgIpc) is 2.87. The van der Waals surface area contributed by atoms with Crippen LogP contribution in [0.15, 0.2) is 77.7 Å². The maximum atomic E-state index is 13.8. The van der Waals surface area contributed by atoms with Crippen molar-refractivity contribution in [3.8, 4) is 0 Å². The predicted octanol–water partition coefficient (Wildman–Crippen LogP) is 4.71. The third kappa shape index (κ3) is 6.90. The van der Waals surface area contributed by atoms with E-state index in [1.165, 1.54) is 17.0 Å². The van der Waals surface area contributed by atoms with Crippen LogP contribution in [0.5, 0.6) is 0 Å². The largest absolute Gasteiger partial charge is 0.355 e. The summed E-state index contributed by atoms with van der Waals surface area (Å²) in [6.07, 6.45) is 0. The Labute approximate surface area is 224 Å². The molecular formula is C28H32ClN3O4S. The second kappa shape index (κ2) is 12.3. The van der Waals surface area contributed by atoms with Gasteiger partial charge in [-0.05, 0) is 69.2 Å². The highest BCUT2D eigenvalue weighted by Gasteiger charge is 2.33. The maximum absolute atomic E-state index is 13.8. The Morgan fingerprint density at radius 1 is 0.973 bits per heavy atom. The van der Waals surface area contributed by atoms with Gasteiger partial charge in [0.1, 0.15) is 12.6 Å². The van der Waals surface area contributed by atoms with E-state index in [9.17, 15) is 18.0 Å². The molecule has 0 heterocycles. The minimum atomic E-state index is -4.11. The lowest BCUT2D eigenvalue weighted by Gasteiger charge is -2.32. The van der Waals surface area contributed by atoms with Crippen LogP contribution in [0.25, 0.3) is 0 Å². The fourth-order valence-corrected chi connectivity index (χ4v) is 5.65. The number of nitrogens with one attached hydrogen (secondary N) is 1. The predicted molar refractivity (Wildman–Crippen MR) is 147 cm³/mol. The molecule has 2 amide bonds. The molecule has 0 saturated carbocycles. The van der Waals surface area contributed by atoms with E-state index in [0.29, 0.717) is 22.8 Å². The first-order chi connectivity index (χ1) is 17.5. The van der Waals surface area contributed by atoms with Crippen LogP contribution in [-0.4, -0.2) is 44.3 Å². The van der Waals surface area contributed by atoms with Gasteiger partial charge in [0.15, 0.2) is 0 Å². The summed E-state index contributed by atoms with van der Waals surface area (Å²) in [5.41, 5.74) is 2.83. The number of hydrogen-bond acceptors (Lipinski definition) is 4. The van der Waals surface area contributed by atoms with Crippen molar-refractivity contribution in [2.24, 2.45) is 0 Å². The average molecular weight is 542 g/mol. The summed E-state index contributed by atoms with van der Waals surface area (Å²) >= 11 is 6.13. The Morgan fingerprint density at radius 3 is 2.22 bits per heavy atom. The maximum Gasteiger partial charge on any atom is 0.264 e. The summed E-state index contributed by atoms with van der Waals surface area (Å²) in [5.74, 6) is -0.823. The van der Waals surface area contributed by atoms with Gasteiger partial charge in [0, 0.05) is 18.1 Å². The molecule has 0 unspecified atom stereocenters. The fourth-order valence-electron chi connectivity index (χ4n) is 3.93. The molecule has 3 aromatic rings. The van der Waals surface area contributed by atoms with E-state index in [4.69, 9.17) is 11.6 Å². The van der Waals surface area contributed by atoms with Crippen molar-refractivity contribution in [1.29, 1.82) is 0 Å². The molecule has 0 saturated heterocycles. The summed E-state index contributed by atoms with van der Waals surface area (Å²) in [7, 11) is -4.11. The number of aryl methyl sites for hydroxylation is 2. The van der Waals surface area contributed by atoms with Crippen LogP contribution in [0.2, 0.25) is 5.02 Å². The smallest absolute Gasteiger partial charge is 0.264 e. The molecule has 0 fully saturated rings. The number of likely N-dealkylation sites (N-methyl/N-ethyl adjacent to an activating group) is 1. The van der Waals surface area contributed by atoms with Crippen molar-refractivity contribution in [2.75, 3.05) is 17.4 Å². The van der Waals surface area contributed by atoms with Gasteiger partial charge in [-0.25, -0.2) is 8.42 Å². The number of amides is 2. The number of hydrogen-bond donors (Lipinski definition) is 1. The zero-order valence-corrected chi connectivity index (χ0v) is 23.0. The number of rotatable bonds is 10. The number of carbonyl (C=O) groups excluding carboxylic acids is 2. The van der Waals surface area contributed by atoms with Crippen LogP contribution in [0.3, 0.4) is 0 Å². The molecule has 3 aromatic carbocycles. The molecule has 1 atom stereocenters. The van der Waals surface area contributed by atoms with Crippen LogP contribution in [0.1, 0.15) is 30.5 Å². The summed E-state index contributed by atoms with van der Waals surface area (Å²) in [5, 5.41) is 3.21. The molecule has 0 aliphatic rings. The van der Waals surface area contributed by atoms with Gasteiger partial charge in [0.2, 0.25) is 11.8 Å². The van der Waals surface area contributed by atoms with Gasteiger partial charge in [-0.3, -0.25) is 13.9 Å². The topological polar surface area (TPSA) is 86.8 Å². The number of benzene rings is 3. The van der Waals surface area contributed by atoms with Crippen LogP contribution in [-0.2, 0) is 26.2 Å². The molecule has 9 heteroatoms. The normalized spacial score (nSPS) is 12.0. The lowest BCUT2D eigenvalue weighted by atomic mass is 10.1. The molecule has 37 heavy (non-hydrogen) atoms. The first kappa shape index (κ1) is 28.2. The number of carbonyl (C=O) groups is 2. The zero-order valence-electron chi connectivity index (χ0n) is 21.4. The molecule has 196 valence electrons. The van der Waals surface area contributed by atoms with Crippen LogP contribution < -0.4 is 9.62 Å². The van der Waals surface area contributed by atoms with Gasteiger partial charge < -0.3 is 10.2 Å². The molecule has 3 rings (SSSR count). The molecule has 7 nitrogen and oxygen atoms in total. The van der Waals surface area contributed by atoms with Crippen molar-refractivity contribution in [2.45, 2.75) is 45.2 Å². The van der Waals surface area contributed by atoms with Crippen LogP contribution in [0, 0.1) is 13.8 Å². The Kier molecular flexibility index (Phi) is 9.34. The molecule has 1 N–H and O–H groups in total. The van der Waals surface area contributed by atoms with Gasteiger partial charge in [-0.1, -0.05) is 59.6 Å². The Hall–Kier alpha value is -3.36. The molecule has 0 aromatic heterocycles. The number of halogens is 1. The Morgan fingerprint density at radius 2 is 1.62 bits per heavy atom. The molecule has 0 aliphatic carbocycles. The molecule has 0 aliphatic heterocycles. The lowest BCUT2D eigenvalue weighted by molar-refractivity contribution is -0.139.